The van der Waals surface area contributed by atoms with Crippen LogP contribution in [0.15, 0.2) is 72.4 Å². The molecule has 4 rings (SSSR count). The largest absolute Gasteiger partial charge is 0.497 e. The van der Waals surface area contributed by atoms with E-state index in [2.05, 4.69) is 5.32 Å². The van der Waals surface area contributed by atoms with Gasteiger partial charge in [0.25, 0.3) is 11.8 Å². The Hall–Kier alpha value is -4.33. The third kappa shape index (κ3) is 3.98. The minimum atomic E-state index is -0.686. The summed E-state index contributed by atoms with van der Waals surface area (Å²) in [6.45, 7) is 0. The van der Waals surface area contributed by atoms with Crippen LogP contribution in [0.25, 0.3) is 5.57 Å². The molecule has 1 N–H and O–H groups in total. The zero-order chi connectivity index (χ0) is 23.5. The zero-order valence-corrected chi connectivity index (χ0v) is 18.2. The number of hydrogen-bond donors (Lipinski definition) is 1. The molecule has 7 nitrogen and oxygen atoms in total. The van der Waals surface area contributed by atoms with Crippen molar-refractivity contribution in [3.8, 4) is 17.2 Å². The van der Waals surface area contributed by atoms with Crippen molar-refractivity contribution in [3.63, 3.8) is 0 Å². The summed E-state index contributed by atoms with van der Waals surface area (Å²) in [5, 5.41) is 3.02. The van der Waals surface area contributed by atoms with Crippen LogP contribution in [0.4, 0.5) is 15.8 Å². The molecule has 0 fully saturated rings. The number of carbonyl (C=O) groups is 2. The maximum Gasteiger partial charge on any atom is 0.282 e. The maximum atomic E-state index is 14.5. The molecule has 0 saturated heterocycles. The Morgan fingerprint density at radius 1 is 0.788 bits per heavy atom. The minimum Gasteiger partial charge on any atom is -0.497 e. The van der Waals surface area contributed by atoms with Gasteiger partial charge in [-0.1, -0.05) is 24.3 Å². The molecular weight excluding hydrogens is 427 g/mol. The van der Waals surface area contributed by atoms with Gasteiger partial charge in [-0.25, -0.2) is 9.29 Å². The van der Waals surface area contributed by atoms with E-state index in [1.54, 1.807) is 48.5 Å². The predicted molar refractivity (Wildman–Crippen MR) is 122 cm³/mol. The number of benzene rings is 3. The quantitative estimate of drug-likeness (QED) is 0.545. The maximum absolute atomic E-state index is 14.5. The Morgan fingerprint density at radius 2 is 1.45 bits per heavy atom. The third-order valence-corrected chi connectivity index (χ3v) is 5.22. The number of anilines is 2. The number of hydrogen-bond acceptors (Lipinski definition) is 6. The number of imide groups is 1. The summed E-state index contributed by atoms with van der Waals surface area (Å²) in [7, 11) is 4.53. The Kier molecular flexibility index (Phi) is 5.99. The molecule has 0 radical (unpaired) electrons. The van der Waals surface area contributed by atoms with Crippen molar-refractivity contribution in [1.29, 1.82) is 0 Å². The Bertz CT molecular complexity index is 1250. The van der Waals surface area contributed by atoms with E-state index < -0.39 is 17.6 Å². The molecule has 33 heavy (non-hydrogen) atoms. The second kappa shape index (κ2) is 9.04. The first-order chi connectivity index (χ1) is 16.0. The fourth-order valence-corrected chi connectivity index (χ4v) is 3.56. The molecule has 168 valence electrons. The van der Waals surface area contributed by atoms with Gasteiger partial charge < -0.3 is 19.5 Å². The summed E-state index contributed by atoms with van der Waals surface area (Å²) in [6, 6.07) is 17.3. The lowest BCUT2D eigenvalue weighted by Gasteiger charge is -2.16. The second-order valence-electron chi connectivity index (χ2n) is 7.07. The lowest BCUT2D eigenvalue weighted by molar-refractivity contribution is -0.120. The number of amides is 2. The van der Waals surface area contributed by atoms with Crippen LogP contribution < -0.4 is 24.4 Å². The van der Waals surface area contributed by atoms with Gasteiger partial charge in [0, 0.05) is 6.07 Å². The molecule has 0 aromatic heterocycles. The number of nitrogens with zero attached hydrogens (tertiary/aromatic N) is 1. The fraction of sp³-hybridized carbons (Fsp3) is 0.120. The molecule has 3 aromatic carbocycles. The van der Waals surface area contributed by atoms with Gasteiger partial charge in [-0.3, -0.25) is 9.59 Å². The van der Waals surface area contributed by atoms with Crippen LogP contribution in [0.5, 0.6) is 17.2 Å². The molecule has 1 heterocycles. The highest BCUT2D eigenvalue weighted by molar-refractivity contribution is 6.46. The topological polar surface area (TPSA) is 77.1 Å². The van der Waals surface area contributed by atoms with Crippen molar-refractivity contribution in [1.82, 2.24) is 0 Å². The molecule has 1 aliphatic rings. The van der Waals surface area contributed by atoms with Crippen molar-refractivity contribution in [2.75, 3.05) is 31.5 Å². The van der Waals surface area contributed by atoms with E-state index >= 15 is 0 Å². The SMILES string of the molecule is COc1ccc(C2=C(Nc3ccc(OC)cc3OC)C(=O)N(c3ccccc3F)C2=O)cc1. The fourth-order valence-electron chi connectivity index (χ4n) is 3.56. The van der Waals surface area contributed by atoms with Crippen LogP contribution in [0.3, 0.4) is 0 Å². The van der Waals surface area contributed by atoms with Gasteiger partial charge in [-0.05, 0) is 42.0 Å². The van der Waals surface area contributed by atoms with Crippen molar-refractivity contribution in [3.05, 3.63) is 83.8 Å². The van der Waals surface area contributed by atoms with Gasteiger partial charge in [0.2, 0.25) is 0 Å². The van der Waals surface area contributed by atoms with Crippen LogP contribution in [0.2, 0.25) is 0 Å². The number of para-hydroxylation sites is 1. The van der Waals surface area contributed by atoms with E-state index in [1.165, 1.54) is 39.5 Å². The Balaban J connectivity index is 1.84. The zero-order valence-electron chi connectivity index (χ0n) is 18.2. The van der Waals surface area contributed by atoms with E-state index in [0.717, 1.165) is 4.90 Å². The van der Waals surface area contributed by atoms with Crippen LogP contribution in [-0.4, -0.2) is 33.1 Å². The first kappa shape index (κ1) is 21.9. The summed E-state index contributed by atoms with van der Waals surface area (Å²) in [6.07, 6.45) is 0. The molecule has 0 bridgehead atoms. The molecule has 0 atom stereocenters. The van der Waals surface area contributed by atoms with Gasteiger partial charge in [-0.15, -0.1) is 0 Å². The number of ether oxygens (including phenoxy) is 3. The average molecular weight is 448 g/mol. The molecule has 2 amide bonds. The summed E-state index contributed by atoms with van der Waals surface area (Å²) >= 11 is 0. The summed E-state index contributed by atoms with van der Waals surface area (Å²) in [5.41, 5.74) is 0.886. The van der Waals surface area contributed by atoms with Crippen LogP contribution in [0, 0.1) is 5.82 Å². The number of methoxy groups -OCH3 is 3. The highest BCUT2D eigenvalue weighted by Crippen LogP contribution is 2.37. The highest BCUT2D eigenvalue weighted by Gasteiger charge is 2.41. The van der Waals surface area contributed by atoms with Crippen molar-refractivity contribution in [2.24, 2.45) is 0 Å². The van der Waals surface area contributed by atoms with Crippen LogP contribution >= 0.6 is 0 Å². The van der Waals surface area contributed by atoms with Gasteiger partial charge in [0.05, 0.1) is 38.3 Å². The van der Waals surface area contributed by atoms with Gasteiger partial charge >= 0.3 is 0 Å². The van der Waals surface area contributed by atoms with E-state index in [4.69, 9.17) is 14.2 Å². The monoisotopic (exact) mass is 448 g/mol. The lowest BCUT2D eigenvalue weighted by Crippen LogP contribution is -2.33. The smallest absolute Gasteiger partial charge is 0.282 e. The molecular formula is C25H21FN2O5. The standard InChI is InChI=1S/C25H21FN2O5/c1-31-16-10-8-15(9-11-16)22-23(27-19-13-12-17(32-2)14-21(19)33-3)25(30)28(24(22)29)20-7-5-4-6-18(20)26/h4-14,27H,1-3H3. The molecule has 0 unspecified atom stereocenters. The number of carbonyl (C=O) groups excluding carboxylic acids is 2. The minimum absolute atomic E-state index is 0.00288. The summed E-state index contributed by atoms with van der Waals surface area (Å²) < 4.78 is 30.4. The molecule has 0 spiro atoms. The highest BCUT2D eigenvalue weighted by atomic mass is 19.1. The molecule has 0 aliphatic carbocycles. The predicted octanol–water partition coefficient (Wildman–Crippen LogP) is 4.25. The average Bonchev–Trinajstić information content (AvgIpc) is 3.08. The molecule has 1 aliphatic heterocycles. The Morgan fingerprint density at radius 3 is 2.09 bits per heavy atom. The third-order valence-electron chi connectivity index (χ3n) is 5.22. The van der Waals surface area contributed by atoms with Gasteiger partial charge in [0.15, 0.2) is 0 Å². The van der Waals surface area contributed by atoms with E-state index in [0.29, 0.717) is 28.5 Å². The number of nitrogens with one attached hydrogen (secondary N) is 1. The van der Waals surface area contributed by atoms with E-state index in [9.17, 15) is 14.0 Å². The number of rotatable bonds is 7. The van der Waals surface area contributed by atoms with Crippen LogP contribution in [0.1, 0.15) is 5.56 Å². The molecule has 0 saturated carbocycles. The lowest BCUT2D eigenvalue weighted by atomic mass is 10.0. The second-order valence-corrected chi connectivity index (χ2v) is 7.07. The summed E-state index contributed by atoms with van der Waals surface area (Å²) in [4.78, 5) is 27.7. The molecule has 3 aromatic rings. The van der Waals surface area contributed by atoms with E-state index in [-0.39, 0.29) is 17.0 Å². The first-order valence-corrected chi connectivity index (χ1v) is 9.99. The normalized spacial score (nSPS) is 13.4. The van der Waals surface area contributed by atoms with E-state index in [1.807, 2.05) is 0 Å². The molecule has 8 heteroatoms. The van der Waals surface area contributed by atoms with Gasteiger partial charge in [0.1, 0.15) is 28.8 Å². The van der Waals surface area contributed by atoms with Crippen molar-refractivity contribution in [2.45, 2.75) is 0 Å². The van der Waals surface area contributed by atoms with Gasteiger partial charge in [-0.2, -0.15) is 0 Å². The van der Waals surface area contributed by atoms with Crippen molar-refractivity contribution < 1.29 is 28.2 Å². The number of halogens is 1. The van der Waals surface area contributed by atoms with Crippen molar-refractivity contribution >= 4 is 28.8 Å². The first-order valence-electron chi connectivity index (χ1n) is 9.99. The van der Waals surface area contributed by atoms with Crippen LogP contribution in [-0.2, 0) is 9.59 Å². The summed E-state index contributed by atoms with van der Waals surface area (Å²) in [5.74, 6) is -0.465. The Labute approximate surface area is 190 Å².